The molecule has 24 heteroatoms. The van der Waals surface area contributed by atoms with Gasteiger partial charge in [0.2, 0.25) is 5.95 Å². The lowest BCUT2D eigenvalue weighted by atomic mass is 10.1. The van der Waals surface area contributed by atoms with Crippen molar-refractivity contribution in [1.82, 2.24) is 39.0 Å². The summed E-state index contributed by atoms with van der Waals surface area (Å²) in [5.74, 6) is -0.287. The minimum absolute atomic E-state index is 0.00732. The number of ether oxygens (including phenoxy) is 2. The average Bonchev–Trinajstić information content (AvgIpc) is 3.72. The Labute approximate surface area is 248 Å². The lowest BCUT2D eigenvalue weighted by molar-refractivity contribution is -0.0513. The number of fused-ring (bicyclic) bond motifs is 4. The molecule has 45 heavy (non-hydrogen) atoms. The van der Waals surface area contributed by atoms with Crippen LogP contribution in [-0.4, -0.2) is 98.4 Å². The molecular weight excluding hydrogens is 652 g/mol. The number of H-pyrrole nitrogens is 1. The molecule has 7 heterocycles. The molecule has 242 valence electrons. The van der Waals surface area contributed by atoms with E-state index in [1.807, 2.05) is 0 Å². The molecule has 0 bridgehead atoms. The summed E-state index contributed by atoms with van der Waals surface area (Å²) in [6, 6.07) is 0. The van der Waals surface area contributed by atoms with Gasteiger partial charge in [0.05, 0.1) is 31.5 Å². The summed E-state index contributed by atoms with van der Waals surface area (Å²) in [6.07, 6.45) is -11.9. The van der Waals surface area contributed by atoms with Gasteiger partial charge >= 0.3 is 15.4 Å². The third-order valence-corrected chi connectivity index (χ3v) is 9.94. The second-order valence-corrected chi connectivity index (χ2v) is 13.8. The van der Waals surface area contributed by atoms with Crippen LogP contribution in [0.5, 0.6) is 0 Å². The van der Waals surface area contributed by atoms with Crippen LogP contribution in [0.3, 0.4) is 0 Å². The van der Waals surface area contributed by atoms with Crippen molar-refractivity contribution < 1.29 is 50.7 Å². The van der Waals surface area contributed by atoms with E-state index in [0.29, 0.717) is 0 Å². The topological polar surface area (TPSA) is 280 Å². The van der Waals surface area contributed by atoms with Crippen LogP contribution in [0.25, 0.3) is 22.3 Å². The molecule has 0 saturated carbocycles. The zero-order chi connectivity index (χ0) is 31.8. The summed E-state index contributed by atoms with van der Waals surface area (Å²) in [7, 11) is -9.79. The van der Waals surface area contributed by atoms with Gasteiger partial charge in [-0.2, -0.15) is 4.98 Å². The number of hydrogen-bond donors (Lipinski definition) is 5. The van der Waals surface area contributed by atoms with Crippen LogP contribution in [0, 0.1) is 0 Å². The molecule has 3 aliphatic heterocycles. The van der Waals surface area contributed by atoms with Gasteiger partial charge in [-0.05, 0) is 6.42 Å². The van der Waals surface area contributed by atoms with Crippen molar-refractivity contribution >= 4 is 49.5 Å². The number of alkyl halides is 2. The number of rotatable bonds is 2. The first kappa shape index (κ1) is 30.2. The highest BCUT2D eigenvalue weighted by Crippen LogP contribution is 2.54. The van der Waals surface area contributed by atoms with Gasteiger partial charge in [0.15, 0.2) is 47.4 Å². The summed E-state index contributed by atoms with van der Waals surface area (Å²) in [4.78, 5) is 55.5. The van der Waals surface area contributed by atoms with Crippen LogP contribution in [-0.2, 0) is 32.2 Å². The van der Waals surface area contributed by atoms with E-state index in [1.54, 1.807) is 0 Å². The molecule has 3 aliphatic rings. The average molecular weight is 676 g/mol. The Hall–Kier alpha value is -3.46. The van der Waals surface area contributed by atoms with Crippen LogP contribution < -0.4 is 17.0 Å². The molecule has 20 nitrogen and oxygen atoms in total. The third kappa shape index (κ3) is 5.30. The predicted octanol–water partition coefficient (Wildman–Crippen LogP) is 0.0714. The maximum absolute atomic E-state index is 15.9. The van der Waals surface area contributed by atoms with Gasteiger partial charge in [-0.3, -0.25) is 37.0 Å². The highest BCUT2D eigenvalue weighted by molar-refractivity contribution is 7.52. The quantitative estimate of drug-likeness (QED) is 0.176. The Balaban J connectivity index is 1.17. The van der Waals surface area contributed by atoms with Crippen LogP contribution in [0.4, 0.5) is 20.5 Å². The van der Waals surface area contributed by atoms with Gasteiger partial charge in [-0.1, -0.05) is 0 Å². The molecular formula is C21H24F2N10O10P2. The second kappa shape index (κ2) is 10.8. The number of phosphoric ester groups is 1. The van der Waals surface area contributed by atoms with Gasteiger partial charge in [0.25, 0.3) is 5.56 Å². The van der Waals surface area contributed by atoms with Crippen LogP contribution in [0.2, 0.25) is 0 Å². The van der Waals surface area contributed by atoms with Crippen LogP contribution >= 0.6 is 15.4 Å². The van der Waals surface area contributed by atoms with Crippen molar-refractivity contribution in [2.45, 2.75) is 55.6 Å². The maximum Gasteiger partial charge on any atom is 0.472 e. The van der Waals surface area contributed by atoms with Crippen molar-refractivity contribution in [3.05, 3.63) is 29.3 Å². The minimum atomic E-state index is -5.12. The van der Waals surface area contributed by atoms with E-state index in [9.17, 15) is 23.7 Å². The van der Waals surface area contributed by atoms with Crippen molar-refractivity contribution in [3.8, 4) is 0 Å². The standard InChI is InChI=1S/C21H24F2N10O10P2/c22-9-13-7(40-20(9)33-6-29-12-17(33)30-21(25)31-18(12)34)1-2-44(35,36)42-14-8(3-39-45(37,38)43-13)41-19(10(14)23)32-5-28-11-15(24)26-4-27-16(11)32/h4-10,13-14,19-20H,1-3H2,(H,35,36)(H,37,38)(H2,24,26,27)(H3,25,30,31,34)/t7?,8?,9-,10-,13-,14-,19-,20-/m1/s1. The fraction of sp³-hybridized carbons (Fsp3) is 0.524. The summed E-state index contributed by atoms with van der Waals surface area (Å²) in [5.41, 5.74) is 10.6. The molecule has 4 aromatic rings. The fourth-order valence-electron chi connectivity index (χ4n) is 5.52. The Kier molecular flexibility index (Phi) is 7.26. The first-order valence-electron chi connectivity index (χ1n) is 13.2. The number of phosphoric acid groups is 1. The Bertz CT molecular complexity index is 1940. The number of aromatic amines is 1. The molecule has 0 spiro atoms. The van der Waals surface area contributed by atoms with E-state index in [2.05, 4.69) is 29.9 Å². The zero-order valence-electron chi connectivity index (χ0n) is 22.6. The number of nitrogens with two attached hydrogens (primary N) is 2. The van der Waals surface area contributed by atoms with Crippen molar-refractivity contribution in [2.75, 3.05) is 24.2 Å². The number of nitrogens with one attached hydrogen (secondary N) is 1. The summed E-state index contributed by atoms with van der Waals surface area (Å²) < 4.78 is 87.3. The van der Waals surface area contributed by atoms with Crippen molar-refractivity contribution in [3.63, 3.8) is 0 Å². The van der Waals surface area contributed by atoms with E-state index in [1.165, 1.54) is 6.33 Å². The molecule has 7 rings (SSSR count). The molecule has 4 aromatic heterocycles. The maximum atomic E-state index is 15.9. The monoisotopic (exact) mass is 676 g/mol. The van der Waals surface area contributed by atoms with Gasteiger partial charge < -0.3 is 30.7 Å². The number of nitrogen functional groups attached to an aromatic ring is 2. The number of imidazole rings is 2. The molecule has 3 fully saturated rings. The summed E-state index contributed by atoms with van der Waals surface area (Å²) in [5, 5.41) is 0. The first-order valence-corrected chi connectivity index (χ1v) is 16.5. The minimum Gasteiger partial charge on any atom is -0.382 e. The molecule has 3 saturated heterocycles. The van der Waals surface area contributed by atoms with Crippen molar-refractivity contribution in [1.29, 1.82) is 0 Å². The molecule has 4 unspecified atom stereocenters. The lowest BCUT2D eigenvalue weighted by Crippen LogP contribution is -2.36. The van der Waals surface area contributed by atoms with E-state index in [0.717, 1.165) is 21.8 Å². The van der Waals surface area contributed by atoms with E-state index in [4.69, 9.17) is 34.5 Å². The second-order valence-electron chi connectivity index (χ2n) is 10.4. The SMILES string of the molecule is Nc1nc2c(ncn2[C@@H]2OC3CCP(=O)(O)O[C@@H]4C(COP(=O)(O)O[C@H]3[C@H]2F)O[C@@H](n2cnc3c(N)ncnc32)[C@@H]4F)c(=O)[nH]1. The van der Waals surface area contributed by atoms with E-state index >= 15 is 8.78 Å². The Morgan fingerprint density at radius 2 is 1.56 bits per heavy atom. The fourth-order valence-corrected chi connectivity index (χ4v) is 7.80. The molecule has 0 radical (unpaired) electrons. The van der Waals surface area contributed by atoms with Crippen molar-refractivity contribution in [2.24, 2.45) is 0 Å². The normalized spacial score (nSPS) is 37.7. The molecule has 10 atom stereocenters. The number of aromatic nitrogens is 8. The van der Waals surface area contributed by atoms with Crippen LogP contribution in [0.15, 0.2) is 23.8 Å². The lowest BCUT2D eigenvalue weighted by Gasteiger charge is -2.27. The van der Waals surface area contributed by atoms with Gasteiger partial charge in [-0.25, -0.2) is 33.3 Å². The van der Waals surface area contributed by atoms with Crippen LogP contribution in [0.1, 0.15) is 18.9 Å². The van der Waals surface area contributed by atoms with Gasteiger partial charge in [0.1, 0.15) is 30.2 Å². The predicted molar refractivity (Wildman–Crippen MR) is 145 cm³/mol. The number of nitrogens with zero attached hydrogens (tertiary/aromatic N) is 7. The number of halogens is 2. The summed E-state index contributed by atoms with van der Waals surface area (Å²) in [6.45, 7) is -0.879. The number of hydrogen-bond acceptors (Lipinski definition) is 15. The smallest absolute Gasteiger partial charge is 0.382 e. The molecule has 7 N–H and O–H groups in total. The highest BCUT2D eigenvalue weighted by Gasteiger charge is 2.54. The first-order chi connectivity index (χ1) is 21.3. The van der Waals surface area contributed by atoms with Gasteiger partial charge in [0, 0.05) is 0 Å². The van der Waals surface area contributed by atoms with E-state index in [-0.39, 0.29) is 34.1 Å². The Morgan fingerprint density at radius 3 is 2.29 bits per heavy atom. The summed E-state index contributed by atoms with van der Waals surface area (Å²) >= 11 is 0. The largest absolute Gasteiger partial charge is 0.472 e. The van der Waals surface area contributed by atoms with Gasteiger partial charge in [-0.15, -0.1) is 0 Å². The highest BCUT2D eigenvalue weighted by atomic mass is 31.2. The number of anilines is 2. The van der Waals surface area contributed by atoms with E-state index < -0.39 is 89.4 Å². The third-order valence-electron chi connectivity index (χ3n) is 7.56. The molecule has 0 aliphatic carbocycles. The zero-order valence-corrected chi connectivity index (χ0v) is 24.4. The molecule has 0 amide bonds. The Morgan fingerprint density at radius 1 is 0.911 bits per heavy atom. The molecule has 0 aromatic carbocycles.